The number of hydrogen-bond acceptors (Lipinski definition) is 5. The number of rotatable bonds is 11. The Bertz CT molecular complexity index is 738. The zero-order valence-corrected chi connectivity index (χ0v) is 17.0. The molecule has 6 heteroatoms. The van der Waals surface area contributed by atoms with Crippen LogP contribution in [0.5, 0.6) is 23.0 Å². The normalized spacial score (nSPS) is 10.5. The van der Waals surface area contributed by atoms with E-state index < -0.39 is 0 Å². The first kappa shape index (κ1) is 21.4. The van der Waals surface area contributed by atoms with Crippen molar-refractivity contribution in [3.8, 4) is 23.0 Å². The van der Waals surface area contributed by atoms with E-state index in [4.69, 9.17) is 18.9 Å². The Labute approximate surface area is 166 Å². The highest BCUT2D eigenvalue weighted by Gasteiger charge is 2.06. The Kier molecular flexibility index (Phi) is 8.46. The van der Waals surface area contributed by atoms with Crippen molar-refractivity contribution >= 4 is 5.91 Å². The molecule has 0 atom stereocenters. The molecule has 0 saturated carbocycles. The molecule has 0 aromatic heterocycles. The predicted molar refractivity (Wildman–Crippen MR) is 109 cm³/mol. The summed E-state index contributed by atoms with van der Waals surface area (Å²) in [4.78, 5) is 12.0. The van der Waals surface area contributed by atoms with Gasteiger partial charge in [0, 0.05) is 24.7 Å². The summed E-state index contributed by atoms with van der Waals surface area (Å²) >= 11 is 0. The minimum absolute atomic E-state index is 0.0615. The summed E-state index contributed by atoms with van der Waals surface area (Å²) < 4.78 is 21.6. The second-order valence-corrected chi connectivity index (χ2v) is 6.60. The molecule has 152 valence electrons. The quantitative estimate of drug-likeness (QED) is 0.597. The maximum absolute atomic E-state index is 12.0. The zero-order chi connectivity index (χ0) is 20.4. The van der Waals surface area contributed by atoms with E-state index in [1.165, 1.54) is 5.56 Å². The third-order valence-corrected chi connectivity index (χ3v) is 3.93. The minimum atomic E-state index is -0.168. The fourth-order valence-corrected chi connectivity index (χ4v) is 2.63. The van der Waals surface area contributed by atoms with Crippen molar-refractivity contribution in [1.82, 2.24) is 5.32 Å². The molecule has 1 amide bonds. The van der Waals surface area contributed by atoms with E-state index in [9.17, 15) is 4.79 Å². The second kappa shape index (κ2) is 11.1. The van der Waals surface area contributed by atoms with Crippen LogP contribution in [0.15, 0.2) is 42.5 Å². The molecule has 0 saturated heterocycles. The standard InChI is InChI=1S/C22H29NO5/c1-16(2)28-18-9-5-7-17(11-18)8-6-10-23-22(24)15-27-21-13-19(25-3)12-20(14-21)26-4/h5,7,9,11-14,16H,6,8,10,15H2,1-4H3,(H,23,24). The van der Waals surface area contributed by atoms with Crippen LogP contribution in [0.4, 0.5) is 0 Å². The van der Waals surface area contributed by atoms with Crippen molar-refractivity contribution < 1.29 is 23.7 Å². The van der Waals surface area contributed by atoms with Crippen LogP contribution < -0.4 is 24.3 Å². The van der Waals surface area contributed by atoms with Gasteiger partial charge in [0.2, 0.25) is 0 Å². The number of hydrogen-bond donors (Lipinski definition) is 1. The maximum atomic E-state index is 12.0. The van der Waals surface area contributed by atoms with Crippen LogP contribution in [-0.2, 0) is 11.2 Å². The molecule has 0 heterocycles. The van der Waals surface area contributed by atoms with Gasteiger partial charge in [-0.3, -0.25) is 4.79 Å². The molecule has 0 fully saturated rings. The van der Waals surface area contributed by atoms with E-state index in [0.29, 0.717) is 23.8 Å². The van der Waals surface area contributed by atoms with Gasteiger partial charge in [0.25, 0.3) is 5.91 Å². The lowest BCUT2D eigenvalue weighted by Gasteiger charge is -2.11. The van der Waals surface area contributed by atoms with Gasteiger partial charge in [-0.2, -0.15) is 0 Å². The number of amides is 1. The summed E-state index contributed by atoms with van der Waals surface area (Å²) in [6.07, 6.45) is 1.85. The van der Waals surface area contributed by atoms with Crippen LogP contribution in [0.1, 0.15) is 25.8 Å². The van der Waals surface area contributed by atoms with Gasteiger partial charge in [-0.25, -0.2) is 0 Å². The third kappa shape index (κ3) is 7.39. The highest BCUT2D eigenvalue weighted by molar-refractivity contribution is 5.77. The van der Waals surface area contributed by atoms with Crippen molar-refractivity contribution in [2.45, 2.75) is 32.8 Å². The highest BCUT2D eigenvalue weighted by atomic mass is 16.5. The van der Waals surface area contributed by atoms with Crippen molar-refractivity contribution in [2.24, 2.45) is 0 Å². The molecule has 6 nitrogen and oxygen atoms in total. The van der Waals surface area contributed by atoms with E-state index >= 15 is 0 Å². The van der Waals surface area contributed by atoms with Crippen LogP contribution in [0.3, 0.4) is 0 Å². The van der Waals surface area contributed by atoms with Crippen LogP contribution in [-0.4, -0.2) is 39.4 Å². The molecule has 0 aliphatic carbocycles. The van der Waals surface area contributed by atoms with Gasteiger partial charge >= 0.3 is 0 Å². The van der Waals surface area contributed by atoms with Crippen molar-refractivity contribution in [3.05, 3.63) is 48.0 Å². The molecular formula is C22H29NO5. The molecule has 0 aliphatic heterocycles. The lowest BCUT2D eigenvalue weighted by atomic mass is 10.1. The lowest BCUT2D eigenvalue weighted by molar-refractivity contribution is -0.123. The third-order valence-electron chi connectivity index (χ3n) is 3.93. The van der Waals surface area contributed by atoms with E-state index in [-0.39, 0.29) is 18.6 Å². The number of carbonyl (C=O) groups is 1. The summed E-state index contributed by atoms with van der Waals surface area (Å²) in [5.41, 5.74) is 1.19. The molecule has 2 aromatic rings. The van der Waals surface area contributed by atoms with Gasteiger partial charge in [-0.05, 0) is 44.4 Å². The number of methoxy groups -OCH3 is 2. The maximum Gasteiger partial charge on any atom is 0.257 e. The number of aryl methyl sites for hydroxylation is 1. The van der Waals surface area contributed by atoms with Gasteiger partial charge in [0.15, 0.2) is 6.61 Å². The van der Waals surface area contributed by atoms with Gasteiger partial charge in [0.1, 0.15) is 23.0 Å². The van der Waals surface area contributed by atoms with Crippen LogP contribution in [0, 0.1) is 0 Å². The first-order chi connectivity index (χ1) is 13.5. The Morgan fingerprint density at radius 1 is 0.964 bits per heavy atom. The topological polar surface area (TPSA) is 66.0 Å². The Hall–Kier alpha value is -2.89. The summed E-state index contributed by atoms with van der Waals surface area (Å²) in [5.74, 6) is 2.45. The molecule has 28 heavy (non-hydrogen) atoms. The van der Waals surface area contributed by atoms with Gasteiger partial charge in [-0.1, -0.05) is 12.1 Å². The van der Waals surface area contributed by atoms with Gasteiger partial charge < -0.3 is 24.3 Å². The summed E-state index contributed by atoms with van der Waals surface area (Å²) in [7, 11) is 3.13. The smallest absolute Gasteiger partial charge is 0.257 e. The highest BCUT2D eigenvalue weighted by Crippen LogP contribution is 2.27. The number of ether oxygens (including phenoxy) is 4. The molecule has 0 bridgehead atoms. The monoisotopic (exact) mass is 387 g/mol. The summed E-state index contributed by atoms with van der Waals surface area (Å²) in [5, 5.41) is 2.87. The fourth-order valence-electron chi connectivity index (χ4n) is 2.63. The zero-order valence-electron chi connectivity index (χ0n) is 17.0. The second-order valence-electron chi connectivity index (χ2n) is 6.60. The molecule has 2 aromatic carbocycles. The molecule has 1 N–H and O–H groups in total. The Morgan fingerprint density at radius 2 is 1.64 bits per heavy atom. The summed E-state index contributed by atoms with van der Waals surface area (Å²) in [6.45, 7) is 4.53. The Morgan fingerprint density at radius 3 is 2.29 bits per heavy atom. The molecule has 2 rings (SSSR count). The molecule has 0 unspecified atom stereocenters. The minimum Gasteiger partial charge on any atom is -0.496 e. The molecular weight excluding hydrogens is 358 g/mol. The lowest BCUT2D eigenvalue weighted by Crippen LogP contribution is -2.29. The van der Waals surface area contributed by atoms with E-state index in [1.54, 1.807) is 32.4 Å². The van der Waals surface area contributed by atoms with Crippen molar-refractivity contribution in [1.29, 1.82) is 0 Å². The SMILES string of the molecule is COc1cc(OC)cc(OCC(=O)NCCCc2cccc(OC(C)C)c2)c1. The van der Waals surface area contributed by atoms with Crippen molar-refractivity contribution in [3.63, 3.8) is 0 Å². The Balaban J connectivity index is 1.72. The number of benzene rings is 2. The van der Waals surface area contributed by atoms with Crippen LogP contribution in [0.2, 0.25) is 0 Å². The molecule has 0 aliphatic rings. The van der Waals surface area contributed by atoms with E-state index in [2.05, 4.69) is 11.4 Å². The average molecular weight is 387 g/mol. The fraction of sp³-hybridized carbons (Fsp3) is 0.409. The van der Waals surface area contributed by atoms with Crippen LogP contribution >= 0.6 is 0 Å². The average Bonchev–Trinajstić information content (AvgIpc) is 2.69. The summed E-state index contributed by atoms with van der Waals surface area (Å²) in [6, 6.07) is 13.2. The first-order valence-corrected chi connectivity index (χ1v) is 9.38. The molecule has 0 radical (unpaired) electrons. The van der Waals surface area contributed by atoms with E-state index in [1.807, 2.05) is 32.0 Å². The predicted octanol–water partition coefficient (Wildman–Crippen LogP) is 3.62. The van der Waals surface area contributed by atoms with Crippen molar-refractivity contribution in [2.75, 3.05) is 27.4 Å². The first-order valence-electron chi connectivity index (χ1n) is 9.38. The molecule has 0 spiro atoms. The van der Waals surface area contributed by atoms with Gasteiger partial charge in [-0.15, -0.1) is 0 Å². The largest absolute Gasteiger partial charge is 0.496 e. The van der Waals surface area contributed by atoms with Gasteiger partial charge in [0.05, 0.1) is 20.3 Å². The number of carbonyl (C=O) groups excluding carboxylic acids is 1. The number of nitrogens with one attached hydrogen (secondary N) is 1. The van der Waals surface area contributed by atoms with Crippen LogP contribution in [0.25, 0.3) is 0 Å². The van der Waals surface area contributed by atoms with E-state index in [0.717, 1.165) is 18.6 Å².